The number of nitrogens with zero attached hydrogens (tertiary/aromatic N) is 1. The molecule has 3 rings (SSSR count). The zero-order valence-electron chi connectivity index (χ0n) is 11.0. The molecule has 21 heavy (non-hydrogen) atoms. The molecule has 2 heterocycles. The Kier molecular flexibility index (Phi) is 3.54. The van der Waals surface area contributed by atoms with Gasteiger partial charge in [0.25, 0.3) is 0 Å². The van der Waals surface area contributed by atoms with Gasteiger partial charge in [-0.15, -0.1) is 11.3 Å². The maximum atomic E-state index is 11.5. The molecule has 0 radical (unpaired) electrons. The first-order valence-electron chi connectivity index (χ1n) is 6.44. The first-order chi connectivity index (χ1) is 9.94. The van der Waals surface area contributed by atoms with Gasteiger partial charge < -0.3 is 5.11 Å². The third kappa shape index (κ3) is 2.98. The van der Waals surface area contributed by atoms with E-state index in [0.717, 1.165) is 10.6 Å². The van der Waals surface area contributed by atoms with Crippen molar-refractivity contribution >= 4 is 27.1 Å². The van der Waals surface area contributed by atoms with Gasteiger partial charge in [-0.2, -0.15) is 0 Å². The highest BCUT2D eigenvalue weighted by molar-refractivity contribution is 7.91. The number of sulfone groups is 1. The number of hydrogen-bond donors (Lipinski definition) is 1. The minimum absolute atomic E-state index is 0.0311. The summed E-state index contributed by atoms with van der Waals surface area (Å²) in [6.07, 6.45) is 0.616. The monoisotopic (exact) mass is 323 g/mol. The molecule has 0 bridgehead atoms. The van der Waals surface area contributed by atoms with Crippen LogP contribution in [0.3, 0.4) is 0 Å². The lowest BCUT2D eigenvalue weighted by atomic mass is 10.1. The summed E-state index contributed by atoms with van der Waals surface area (Å²) in [5, 5.41) is 11.7. The highest BCUT2D eigenvalue weighted by Crippen LogP contribution is 2.33. The maximum Gasteiger partial charge on any atom is 0.335 e. The van der Waals surface area contributed by atoms with Crippen LogP contribution in [0, 0.1) is 0 Å². The lowest BCUT2D eigenvalue weighted by Gasteiger charge is -2.02. The van der Waals surface area contributed by atoms with Crippen molar-refractivity contribution in [2.75, 3.05) is 11.5 Å². The van der Waals surface area contributed by atoms with Gasteiger partial charge in [0, 0.05) is 16.9 Å². The molecule has 0 aliphatic carbocycles. The van der Waals surface area contributed by atoms with Gasteiger partial charge >= 0.3 is 5.97 Å². The summed E-state index contributed by atoms with van der Waals surface area (Å²) in [6.45, 7) is 0. The topological polar surface area (TPSA) is 84.3 Å². The molecule has 7 heteroatoms. The van der Waals surface area contributed by atoms with Gasteiger partial charge in [-0.05, 0) is 18.6 Å². The number of benzene rings is 1. The van der Waals surface area contributed by atoms with Crippen molar-refractivity contribution in [2.24, 2.45) is 0 Å². The molecule has 1 N–H and O–H groups in total. The molecule has 1 atom stereocenters. The largest absolute Gasteiger partial charge is 0.478 e. The van der Waals surface area contributed by atoms with Gasteiger partial charge in [0.1, 0.15) is 0 Å². The Morgan fingerprint density at radius 3 is 2.86 bits per heavy atom. The van der Waals surface area contributed by atoms with Crippen LogP contribution in [0.15, 0.2) is 29.6 Å². The molecule has 5 nitrogen and oxygen atoms in total. The summed E-state index contributed by atoms with van der Waals surface area (Å²) < 4.78 is 23.0. The Morgan fingerprint density at radius 1 is 1.38 bits per heavy atom. The quantitative estimate of drug-likeness (QED) is 0.937. The van der Waals surface area contributed by atoms with E-state index >= 15 is 0 Å². The van der Waals surface area contributed by atoms with E-state index in [2.05, 4.69) is 4.98 Å². The molecule has 1 aromatic carbocycles. The average molecular weight is 323 g/mol. The van der Waals surface area contributed by atoms with E-state index in [1.807, 2.05) is 5.38 Å². The Hall–Kier alpha value is -1.73. The molecular formula is C14H13NO4S2. The number of rotatable bonds is 3. The van der Waals surface area contributed by atoms with E-state index in [0.29, 0.717) is 12.1 Å². The molecular weight excluding hydrogens is 310 g/mol. The zero-order valence-corrected chi connectivity index (χ0v) is 12.7. The van der Waals surface area contributed by atoms with E-state index < -0.39 is 15.8 Å². The van der Waals surface area contributed by atoms with E-state index in [1.54, 1.807) is 18.2 Å². The maximum absolute atomic E-state index is 11.5. The van der Waals surface area contributed by atoms with Crippen LogP contribution >= 0.6 is 11.3 Å². The molecule has 2 aromatic rings. The van der Waals surface area contributed by atoms with Crippen molar-refractivity contribution in [3.05, 3.63) is 40.2 Å². The van der Waals surface area contributed by atoms with Gasteiger partial charge in [-0.1, -0.05) is 12.1 Å². The Bertz CT molecular complexity index is 795. The standard InChI is InChI=1S/C14H13NO4S2/c16-14(17)10-3-1-2-9(6-10)12-7-20-13(15-12)11-4-5-21(18,19)8-11/h1-3,6-7,11H,4-5,8H2,(H,16,17). The van der Waals surface area contributed by atoms with Crippen molar-refractivity contribution < 1.29 is 18.3 Å². The van der Waals surface area contributed by atoms with Crippen LogP contribution in [-0.4, -0.2) is 36.0 Å². The number of aromatic nitrogens is 1. The number of carbonyl (C=O) groups is 1. The van der Waals surface area contributed by atoms with Crippen molar-refractivity contribution in [1.29, 1.82) is 0 Å². The summed E-state index contributed by atoms with van der Waals surface area (Å²) in [4.78, 5) is 15.5. The number of hydrogen-bond acceptors (Lipinski definition) is 5. The van der Waals surface area contributed by atoms with Gasteiger partial charge in [-0.3, -0.25) is 0 Å². The second kappa shape index (κ2) is 5.23. The molecule has 1 saturated heterocycles. The SMILES string of the molecule is O=C(O)c1cccc(-c2csc(C3CCS(=O)(=O)C3)n2)c1. The van der Waals surface area contributed by atoms with Crippen molar-refractivity contribution in [3.8, 4) is 11.3 Å². The molecule has 1 aromatic heterocycles. The Labute approximate surface area is 126 Å². The second-order valence-electron chi connectivity index (χ2n) is 5.06. The number of carboxylic acid groups (broad SMARTS) is 1. The Balaban J connectivity index is 1.89. The molecule has 0 spiro atoms. The van der Waals surface area contributed by atoms with Gasteiger partial charge in [0.05, 0.1) is 27.8 Å². The van der Waals surface area contributed by atoms with Crippen molar-refractivity contribution in [1.82, 2.24) is 4.98 Å². The van der Waals surface area contributed by atoms with Crippen LogP contribution < -0.4 is 0 Å². The van der Waals surface area contributed by atoms with E-state index in [-0.39, 0.29) is 23.0 Å². The first-order valence-corrected chi connectivity index (χ1v) is 9.14. The minimum Gasteiger partial charge on any atom is -0.478 e. The lowest BCUT2D eigenvalue weighted by Crippen LogP contribution is -2.03. The normalized spacial score (nSPS) is 20.5. The van der Waals surface area contributed by atoms with Crippen LogP contribution in [0.5, 0.6) is 0 Å². The predicted molar refractivity (Wildman–Crippen MR) is 80.5 cm³/mol. The fourth-order valence-corrected chi connectivity index (χ4v) is 5.23. The van der Waals surface area contributed by atoms with Crippen LogP contribution in [0.4, 0.5) is 0 Å². The zero-order chi connectivity index (χ0) is 15.0. The summed E-state index contributed by atoms with van der Waals surface area (Å²) in [5.74, 6) is -0.624. The number of carboxylic acids is 1. The van der Waals surface area contributed by atoms with Gasteiger partial charge in [0.2, 0.25) is 0 Å². The van der Waals surface area contributed by atoms with E-state index in [9.17, 15) is 13.2 Å². The van der Waals surface area contributed by atoms with E-state index in [4.69, 9.17) is 5.11 Å². The highest BCUT2D eigenvalue weighted by atomic mass is 32.2. The second-order valence-corrected chi connectivity index (χ2v) is 8.18. The van der Waals surface area contributed by atoms with Crippen LogP contribution in [-0.2, 0) is 9.84 Å². The molecule has 1 unspecified atom stereocenters. The Morgan fingerprint density at radius 2 is 2.19 bits per heavy atom. The van der Waals surface area contributed by atoms with Gasteiger partial charge in [-0.25, -0.2) is 18.2 Å². The number of aromatic carboxylic acids is 1. The average Bonchev–Trinajstić information content (AvgIpc) is 3.05. The van der Waals surface area contributed by atoms with Crippen molar-refractivity contribution in [2.45, 2.75) is 12.3 Å². The first kappa shape index (κ1) is 14.2. The number of thiazole rings is 1. The smallest absolute Gasteiger partial charge is 0.335 e. The van der Waals surface area contributed by atoms with Crippen LogP contribution in [0.2, 0.25) is 0 Å². The summed E-state index contributed by atoms with van der Waals surface area (Å²) >= 11 is 1.43. The molecule has 1 fully saturated rings. The molecule has 1 aliphatic heterocycles. The fraction of sp³-hybridized carbons (Fsp3) is 0.286. The van der Waals surface area contributed by atoms with Crippen molar-refractivity contribution in [3.63, 3.8) is 0 Å². The molecule has 0 amide bonds. The summed E-state index contributed by atoms with van der Waals surface area (Å²) in [7, 11) is -2.93. The molecule has 1 aliphatic rings. The predicted octanol–water partition coefficient (Wildman–Crippen LogP) is 2.41. The molecule has 0 saturated carbocycles. The third-order valence-corrected chi connectivity index (χ3v) is 6.28. The summed E-state index contributed by atoms with van der Waals surface area (Å²) in [5.41, 5.74) is 1.64. The lowest BCUT2D eigenvalue weighted by molar-refractivity contribution is 0.0697. The van der Waals surface area contributed by atoms with E-state index in [1.165, 1.54) is 17.4 Å². The molecule has 110 valence electrons. The highest BCUT2D eigenvalue weighted by Gasteiger charge is 2.31. The summed E-state index contributed by atoms with van der Waals surface area (Å²) in [6, 6.07) is 6.59. The minimum atomic E-state index is -2.93. The van der Waals surface area contributed by atoms with Crippen LogP contribution in [0.25, 0.3) is 11.3 Å². The third-order valence-electron chi connectivity index (χ3n) is 3.51. The fourth-order valence-electron chi connectivity index (χ4n) is 2.41. The van der Waals surface area contributed by atoms with Gasteiger partial charge in [0.15, 0.2) is 9.84 Å². The van der Waals surface area contributed by atoms with Crippen LogP contribution in [0.1, 0.15) is 27.7 Å².